The number of alkyl halides is 3. The second-order valence-electron chi connectivity index (χ2n) is 7.05. The van der Waals surface area contributed by atoms with Crippen molar-refractivity contribution in [2.45, 2.75) is 39.1 Å². The first-order chi connectivity index (χ1) is 13.0. The van der Waals surface area contributed by atoms with Gasteiger partial charge in [-0.3, -0.25) is 4.40 Å². The number of alkyl carbamates (subject to hydrolysis) is 1. The van der Waals surface area contributed by atoms with Crippen molar-refractivity contribution in [1.29, 1.82) is 0 Å². The highest BCUT2D eigenvalue weighted by Gasteiger charge is 2.35. The topological polar surface area (TPSA) is 68.8 Å². The number of hydrogen-bond donors (Lipinski definition) is 1. The molecule has 10 heteroatoms. The number of carbonyl (C=O) groups excluding carboxylic acids is 1. The van der Waals surface area contributed by atoms with Crippen LogP contribution >= 0.6 is 11.6 Å². The van der Waals surface area contributed by atoms with Gasteiger partial charge in [0.1, 0.15) is 10.8 Å². The molecule has 1 N–H and O–H groups in total. The average Bonchev–Trinajstić information content (AvgIpc) is 3.18. The van der Waals surface area contributed by atoms with E-state index in [0.717, 1.165) is 10.5 Å². The van der Waals surface area contributed by atoms with Gasteiger partial charge in [0.15, 0.2) is 5.65 Å². The number of ether oxygens (including phenoxy) is 1. The highest BCUT2D eigenvalue weighted by Crippen LogP contribution is 2.37. The number of imidazole rings is 1. The number of nitrogens with zero attached hydrogens (tertiary/aromatic N) is 2. The highest BCUT2D eigenvalue weighted by atomic mass is 35.5. The van der Waals surface area contributed by atoms with Crippen LogP contribution in [0.3, 0.4) is 0 Å². The van der Waals surface area contributed by atoms with E-state index in [1.807, 2.05) is 0 Å². The average molecular weight is 416 g/mol. The van der Waals surface area contributed by atoms with Crippen LogP contribution in [0.1, 0.15) is 32.0 Å². The van der Waals surface area contributed by atoms with Gasteiger partial charge in [0.25, 0.3) is 0 Å². The van der Waals surface area contributed by atoms with Gasteiger partial charge >= 0.3 is 12.3 Å². The predicted octanol–water partition coefficient (Wildman–Crippen LogP) is 5.29. The Balaban J connectivity index is 2.00. The molecule has 0 spiro atoms. The fourth-order valence-electron chi connectivity index (χ4n) is 2.54. The lowest BCUT2D eigenvalue weighted by Crippen LogP contribution is -2.32. The lowest BCUT2D eigenvalue weighted by atomic mass is 10.1. The summed E-state index contributed by atoms with van der Waals surface area (Å²) in [5, 5.41) is 2.40. The molecule has 0 aliphatic heterocycles. The maximum absolute atomic E-state index is 13.6. The fourth-order valence-corrected chi connectivity index (χ4v) is 2.78. The number of amides is 1. The molecule has 0 saturated heterocycles. The SMILES string of the molecule is CC(C)(C)OC(=O)NCc1nc2c(C(F)(F)F)cc(-c3ccoc3)cn2c1Cl. The van der Waals surface area contributed by atoms with Crippen LogP contribution in [0.2, 0.25) is 5.15 Å². The monoisotopic (exact) mass is 415 g/mol. The summed E-state index contributed by atoms with van der Waals surface area (Å²) >= 11 is 6.25. The second kappa shape index (κ2) is 7.05. The third-order valence-corrected chi connectivity index (χ3v) is 4.09. The summed E-state index contributed by atoms with van der Waals surface area (Å²) in [6.45, 7) is 4.89. The Hall–Kier alpha value is -2.68. The molecule has 0 radical (unpaired) electrons. The van der Waals surface area contributed by atoms with Gasteiger partial charge in [0, 0.05) is 17.3 Å². The van der Waals surface area contributed by atoms with Gasteiger partial charge < -0.3 is 14.5 Å². The standard InChI is InChI=1S/C18H17ClF3N3O3/c1-17(2,3)28-16(26)23-7-13-14(19)25-8-11(10-4-5-27-9-10)6-12(15(25)24-13)18(20,21)22/h4-6,8-9H,7H2,1-3H3,(H,23,26). The smallest absolute Gasteiger partial charge is 0.420 e. The first kappa shape index (κ1) is 20.1. The number of hydrogen-bond acceptors (Lipinski definition) is 4. The molecule has 0 unspecified atom stereocenters. The van der Waals surface area contributed by atoms with Gasteiger partial charge in [-0.15, -0.1) is 0 Å². The van der Waals surface area contributed by atoms with Gasteiger partial charge in [-0.1, -0.05) is 11.6 Å². The zero-order chi connectivity index (χ0) is 20.7. The zero-order valence-corrected chi connectivity index (χ0v) is 16.0. The molecule has 0 fully saturated rings. The molecule has 0 bridgehead atoms. The van der Waals surface area contributed by atoms with Crippen LogP contribution in [-0.4, -0.2) is 21.1 Å². The number of nitrogens with one attached hydrogen (secondary N) is 1. The molecule has 3 aromatic heterocycles. The van der Waals surface area contributed by atoms with Crippen molar-refractivity contribution in [2.75, 3.05) is 0 Å². The first-order valence-electron chi connectivity index (χ1n) is 8.23. The molecule has 1 amide bonds. The minimum absolute atomic E-state index is 0.0399. The van der Waals surface area contributed by atoms with Crippen molar-refractivity contribution < 1.29 is 27.1 Å². The lowest BCUT2D eigenvalue weighted by molar-refractivity contribution is -0.136. The first-order valence-corrected chi connectivity index (χ1v) is 8.60. The quantitative estimate of drug-likeness (QED) is 0.631. The van der Waals surface area contributed by atoms with Gasteiger partial charge in [0.2, 0.25) is 0 Å². The van der Waals surface area contributed by atoms with E-state index in [-0.39, 0.29) is 28.6 Å². The molecule has 3 aromatic rings. The zero-order valence-electron chi connectivity index (χ0n) is 15.2. The molecule has 0 aliphatic rings. The summed E-state index contributed by atoms with van der Waals surface area (Å²) in [5.74, 6) is 0. The van der Waals surface area contributed by atoms with E-state index >= 15 is 0 Å². The Kier molecular flexibility index (Phi) is 5.05. The van der Waals surface area contributed by atoms with Crippen LogP contribution in [0.5, 0.6) is 0 Å². The molecule has 0 aromatic carbocycles. The molecule has 0 atom stereocenters. The molecule has 3 rings (SSSR count). The molecule has 150 valence electrons. The summed E-state index contributed by atoms with van der Waals surface area (Å²) in [7, 11) is 0. The van der Waals surface area contributed by atoms with Crippen molar-refractivity contribution in [3.8, 4) is 11.1 Å². The van der Waals surface area contributed by atoms with Gasteiger partial charge in [0.05, 0.1) is 30.3 Å². The van der Waals surface area contributed by atoms with Crippen molar-refractivity contribution in [3.05, 3.63) is 47.3 Å². The number of furan rings is 1. The number of carbonyl (C=O) groups is 1. The van der Waals surface area contributed by atoms with Gasteiger partial charge in [-0.25, -0.2) is 9.78 Å². The van der Waals surface area contributed by atoms with Crippen LogP contribution in [0, 0.1) is 0 Å². The van der Waals surface area contributed by atoms with E-state index < -0.39 is 23.4 Å². The minimum Gasteiger partial charge on any atom is -0.472 e. The van der Waals surface area contributed by atoms with E-state index in [4.69, 9.17) is 20.8 Å². The normalized spacial score (nSPS) is 12.4. The third-order valence-electron chi connectivity index (χ3n) is 3.69. The maximum atomic E-state index is 13.6. The number of rotatable bonds is 3. The molecular weight excluding hydrogens is 399 g/mol. The summed E-state index contributed by atoms with van der Waals surface area (Å²) in [6.07, 6.45) is -1.25. The van der Waals surface area contributed by atoms with E-state index in [0.29, 0.717) is 5.56 Å². The van der Waals surface area contributed by atoms with E-state index in [1.54, 1.807) is 20.8 Å². The number of aromatic nitrogens is 2. The van der Waals surface area contributed by atoms with Crippen molar-refractivity contribution in [1.82, 2.24) is 14.7 Å². The fraction of sp³-hybridized carbons (Fsp3) is 0.333. The van der Waals surface area contributed by atoms with Crippen LogP contribution in [0.15, 0.2) is 35.3 Å². The number of fused-ring (bicyclic) bond motifs is 1. The number of halogens is 4. The predicted molar refractivity (Wildman–Crippen MR) is 96.0 cm³/mol. The molecule has 0 saturated carbocycles. The summed E-state index contributed by atoms with van der Waals surface area (Å²) in [5.41, 5.74) is -1.20. The maximum Gasteiger partial charge on any atom is 0.420 e. The molecule has 0 aliphatic carbocycles. The van der Waals surface area contributed by atoms with Crippen molar-refractivity contribution in [2.24, 2.45) is 0 Å². The largest absolute Gasteiger partial charge is 0.472 e. The van der Waals surface area contributed by atoms with E-state index in [9.17, 15) is 18.0 Å². The molecular formula is C18H17ClF3N3O3. The van der Waals surface area contributed by atoms with Gasteiger partial charge in [-0.05, 0) is 32.9 Å². The summed E-state index contributed by atoms with van der Waals surface area (Å²) < 4.78 is 51.9. The second-order valence-corrected chi connectivity index (χ2v) is 7.41. The minimum atomic E-state index is -4.65. The lowest BCUT2D eigenvalue weighted by Gasteiger charge is -2.19. The van der Waals surface area contributed by atoms with Crippen molar-refractivity contribution >= 4 is 23.3 Å². The third kappa shape index (κ3) is 4.24. The van der Waals surface area contributed by atoms with Gasteiger partial charge in [-0.2, -0.15) is 13.2 Å². The molecule has 3 heterocycles. The summed E-state index contributed by atoms with van der Waals surface area (Å²) in [6, 6.07) is 2.52. The van der Waals surface area contributed by atoms with E-state index in [2.05, 4.69) is 10.3 Å². The Morgan fingerprint density at radius 1 is 1.32 bits per heavy atom. The molecule has 6 nitrogen and oxygen atoms in total. The molecule has 28 heavy (non-hydrogen) atoms. The van der Waals surface area contributed by atoms with Crippen LogP contribution < -0.4 is 5.32 Å². The Morgan fingerprint density at radius 2 is 2.04 bits per heavy atom. The highest BCUT2D eigenvalue weighted by molar-refractivity contribution is 6.30. The van der Waals surface area contributed by atoms with Crippen molar-refractivity contribution in [3.63, 3.8) is 0 Å². The Morgan fingerprint density at radius 3 is 2.61 bits per heavy atom. The Bertz CT molecular complexity index is 1010. The van der Waals surface area contributed by atoms with Crippen LogP contribution in [0.4, 0.5) is 18.0 Å². The van der Waals surface area contributed by atoms with E-state index in [1.165, 1.54) is 24.8 Å². The Labute approximate surface area is 163 Å². The summed E-state index contributed by atoms with van der Waals surface area (Å²) in [4.78, 5) is 15.8. The number of pyridine rings is 1. The van der Waals surface area contributed by atoms with Crippen LogP contribution in [0.25, 0.3) is 16.8 Å². The van der Waals surface area contributed by atoms with Crippen LogP contribution in [-0.2, 0) is 17.5 Å².